The molecule has 0 aromatic heterocycles. The van der Waals surface area contributed by atoms with Crippen molar-refractivity contribution in [2.24, 2.45) is 21.6 Å². The molecule has 17 heavy (non-hydrogen) atoms. The highest BCUT2D eigenvalue weighted by Gasteiger charge is 2.27. The number of halogens is 1. The van der Waals surface area contributed by atoms with E-state index >= 15 is 0 Å². The smallest absolute Gasteiger partial charge is 0.152 e. The van der Waals surface area contributed by atoms with Gasteiger partial charge in [-0.3, -0.25) is 0 Å². The Kier molecular flexibility index (Phi) is 6.68. The average molecular weight is 261 g/mol. The third-order valence-electron chi connectivity index (χ3n) is 2.76. The van der Waals surface area contributed by atoms with E-state index in [1.165, 1.54) is 6.42 Å². The van der Waals surface area contributed by atoms with Gasteiger partial charge in [-0.15, -0.1) is 0 Å². The van der Waals surface area contributed by atoms with Crippen LogP contribution < -0.4 is 0 Å². The zero-order valence-electron chi connectivity index (χ0n) is 12.5. The van der Waals surface area contributed by atoms with Crippen LogP contribution in [0.2, 0.25) is 0 Å². The molecule has 0 spiro atoms. The van der Waals surface area contributed by atoms with Gasteiger partial charge >= 0.3 is 0 Å². The van der Waals surface area contributed by atoms with Crippen LogP contribution in [0.5, 0.6) is 0 Å². The van der Waals surface area contributed by atoms with Crippen molar-refractivity contribution in [3.8, 4) is 0 Å². The number of nitrogens with zero attached hydrogens (tertiary/aromatic N) is 2. The molecule has 0 aliphatic carbocycles. The van der Waals surface area contributed by atoms with E-state index in [2.05, 4.69) is 51.8 Å². The van der Waals surface area contributed by atoms with Gasteiger partial charge in [0.2, 0.25) is 0 Å². The Balaban J connectivity index is 4.30. The molecule has 0 heterocycles. The molecule has 3 unspecified atom stereocenters. The Morgan fingerprint density at radius 1 is 1.12 bits per heavy atom. The van der Waals surface area contributed by atoms with E-state index in [-0.39, 0.29) is 11.5 Å². The van der Waals surface area contributed by atoms with Gasteiger partial charge in [0.1, 0.15) is 0 Å². The highest BCUT2D eigenvalue weighted by Crippen LogP contribution is 2.33. The number of hydrogen-bond acceptors (Lipinski definition) is 2. The van der Waals surface area contributed by atoms with Crippen molar-refractivity contribution < 1.29 is 0 Å². The van der Waals surface area contributed by atoms with Crippen molar-refractivity contribution in [2.45, 2.75) is 78.8 Å². The van der Waals surface area contributed by atoms with Crippen LogP contribution in [0.1, 0.15) is 67.7 Å². The second-order valence-corrected chi connectivity index (χ2v) is 7.51. The predicted octanol–water partition coefficient (Wildman–Crippen LogP) is 5.65. The summed E-state index contributed by atoms with van der Waals surface area (Å²) >= 11 is 6.37. The minimum atomic E-state index is -0.567. The highest BCUT2D eigenvalue weighted by molar-refractivity contribution is 6.23. The molecule has 0 radical (unpaired) electrons. The third kappa shape index (κ3) is 9.58. The lowest BCUT2D eigenvalue weighted by atomic mass is 9.89. The fourth-order valence-corrected chi connectivity index (χ4v) is 2.46. The maximum atomic E-state index is 6.37. The van der Waals surface area contributed by atoms with Crippen LogP contribution in [0.3, 0.4) is 0 Å². The predicted molar refractivity (Wildman–Crippen MR) is 76.7 cm³/mol. The Bertz CT molecular complexity index is 241. The second-order valence-electron chi connectivity index (χ2n) is 6.69. The van der Waals surface area contributed by atoms with Crippen LogP contribution in [0.15, 0.2) is 10.2 Å². The van der Waals surface area contributed by atoms with Gasteiger partial charge in [0.15, 0.2) is 5.00 Å². The van der Waals surface area contributed by atoms with E-state index in [1.54, 1.807) is 0 Å². The molecule has 0 aromatic rings. The first-order chi connectivity index (χ1) is 7.56. The highest BCUT2D eigenvalue weighted by atomic mass is 35.5. The quantitative estimate of drug-likeness (QED) is 0.335. The molecule has 3 atom stereocenters. The Hall–Kier alpha value is -0.110. The standard InChI is InChI=1S/C14H29ClN2/c1-8-11(2)9-12(3)16-17-14(7,15)10-13(4,5)6/h11-12H,8-10H2,1-7H3. The molecule has 0 rings (SSSR count). The molecule has 0 bridgehead atoms. The molecule has 0 N–H and O–H groups in total. The summed E-state index contributed by atoms with van der Waals surface area (Å²) < 4.78 is 0. The summed E-state index contributed by atoms with van der Waals surface area (Å²) in [4.78, 5) is -0.567. The van der Waals surface area contributed by atoms with E-state index in [9.17, 15) is 0 Å². The van der Waals surface area contributed by atoms with E-state index in [4.69, 9.17) is 11.6 Å². The van der Waals surface area contributed by atoms with Gasteiger partial charge in [-0.05, 0) is 38.0 Å². The summed E-state index contributed by atoms with van der Waals surface area (Å²) in [5.74, 6) is 0.702. The van der Waals surface area contributed by atoms with Crippen LogP contribution in [0, 0.1) is 11.3 Å². The van der Waals surface area contributed by atoms with Crippen molar-refractivity contribution in [1.82, 2.24) is 0 Å². The van der Waals surface area contributed by atoms with E-state index < -0.39 is 5.00 Å². The number of hydrogen-bond donors (Lipinski definition) is 0. The van der Waals surface area contributed by atoms with Crippen molar-refractivity contribution in [2.75, 3.05) is 0 Å². The SMILES string of the molecule is CCC(C)CC(C)N=NC(C)(Cl)CC(C)(C)C. The van der Waals surface area contributed by atoms with Crippen LogP contribution in [-0.2, 0) is 0 Å². The molecular formula is C14H29ClN2. The van der Waals surface area contributed by atoms with Crippen LogP contribution in [-0.4, -0.2) is 11.0 Å². The van der Waals surface area contributed by atoms with Crippen LogP contribution in [0.4, 0.5) is 0 Å². The number of alkyl halides is 1. The Labute approximate surface area is 112 Å². The second kappa shape index (κ2) is 6.72. The zero-order valence-corrected chi connectivity index (χ0v) is 13.3. The molecule has 0 aliphatic rings. The van der Waals surface area contributed by atoms with Crippen molar-refractivity contribution in [3.63, 3.8) is 0 Å². The first-order valence-corrected chi connectivity index (χ1v) is 7.04. The van der Waals surface area contributed by atoms with E-state index in [1.807, 2.05) is 6.92 Å². The Morgan fingerprint density at radius 3 is 2.06 bits per heavy atom. The maximum absolute atomic E-state index is 6.37. The molecule has 0 aromatic carbocycles. The summed E-state index contributed by atoms with van der Waals surface area (Å²) in [6, 6.07) is 0.267. The van der Waals surface area contributed by atoms with Gasteiger partial charge in [-0.25, -0.2) is 0 Å². The third-order valence-corrected chi connectivity index (χ3v) is 2.97. The molecule has 2 nitrogen and oxygen atoms in total. The normalized spacial score (nSPS) is 20.2. The first kappa shape index (κ1) is 16.9. The van der Waals surface area contributed by atoms with Gasteiger partial charge in [-0.1, -0.05) is 52.6 Å². The largest absolute Gasteiger partial charge is 0.189 e. The molecule has 0 fully saturated rings. The van der Waals surface area contributed by atoms with E-state index in [0.717, 1.165) is 12.8 Å². The maximum Gasteiger partial charge on any atom is 0.152 e. The zero-order chi connectivity index (χ0) is 13.7. The lowest BCUT2D eigenvalue weighted by Crippen LogP contribution is -2.22. The summed E-state index contributed by atoms with van der Waals surface area (Å²) in [6.07, 6.45) is 3.11. The van der Waals surface area contributed by atoms with Crippen molar-refractivity contribution in [1.29, 1.82) is 0 Å². The van der Waals surface area contributed by atoms with Gasteiger partial charge < -0.3 is 0 Å². The van der Waals surface area contributed by atoms with Gasteiger partial charge in [0.05, 0.1) is 6.04 Å². The Morgan fingerprint density at radius 2 is 1.65 bits per heavy atom. The van der Waals surface area contributed by atoms with Crippen molar-refractivity contribution >= 4 is 11.6 Å². The van der Waals surface area contributed by atoms with Gasteiger partial charge in [-0.2, -0.15) is 10.2 Å². The molecule has 0 saturated carbocycles. The monoisotopic (exact) mass is 260 g/mol. The van der Waals surface area contributed by atoms with Gasteiger partial charge in [0, 0.05) is 0 Å². The van der Waals surface area contributed by atoms with E-state index in [0.29, 0.717) is 5.92 Å². The molecule has 3 heteroatoms. The fraction of sp³-hybridized carbons (Fsp3) is 1.00. The minimum absolute atomic E-state index is 0.176. The topological polar surface area (TPSA) is 24.7 Å². The number of rotatable bonds is 6. The summed E-state index contributed by atoms with van der Waals surface area (Å²) in [5, 5.41) is 8.68. The van der Waals surface area contributed by atoms with Gasteiger partial charge in [0.25, 0.3) is 0 Å². The first-order valence-electron chi connectivity index (χ1n) is 6.66. The molecule has 0 saturated heterocycles. The lowest BCUT2D eigenvalue weighted by Gasteiger charge is -2.26. The van der Waals surface area contributed by atoms with Crippen molar-refractivity contribution in [3.05, 3.63) is 0 Å². The minimum Gasteiger partial charge on any atom is -0.189 e. The molecule has 0 amide bonds. The fourth-order valence-electron chi connectivity index (χ4n) is 2.02. The molecule has 102 valence electrons. The summed E-state index contributed by atoms with van der Waals surface area (Å²) in [5.41, 5.74) is 0.176. The van der Waals surface area contributed by atoms with Crippen LogP contribution in [0.25, 0.3) is 0 Å². The van der Waals surface area contributed by atoms with Crippen LogP contribution >= 0.6 is 11.6 Å². The summed E-state index contributed by atoms with van der Waals surface area (Å²) in [7, 11) is 0. The lowest BCUT2D eigenvalue weighted by molar-refractivity contribution is 0.319. The summed E-state index contributed by atoms with van der Waals surface area (Å²) in [6.45, 7) is 15.0. The number of azo groups is 1. The molecular weight excluding hydrogens is 232 g/mol. The average Bonchev–Trinajstić information content (AvgIpc) is 2.11. The molecule has 0 aliphatic heterocycles.